The molecular formula is C21H29N3O4. The van der Waals surface area contributed by atoms with Crippen LogP contribution < -0.4 is 15.4 Å². The highest BCUT2D eigenvalue weighted by atomic mass is 16.5. The topological polar surface area (TPSA) is 87.7 Å². The van der Waals surface area contributed by atoms with Crippen molar-refractivity contribution in [3.63, 3.8) is 0 Å². The van der Waals surface area contributed by atoms with Crippen LogP contribution in [0, 0.1) is 5.92 Å². The van der Waals surface area contributed by atoms with Gasteiger partial charge in [-0.25, -0.2) is 4.79 Å². The molecule has 1 aromatic carbocycles. The molecule has 1 aliphatic heterocycles. The number of nitrogens with one attached hydrogen (secondary N) is 2. The van der Waals surface area contributed by atoms with Crippen LogP contribution in [0.1, 0.15) is 57.6 Å². The standard InChI is InChI=1S/C21H29N3O4/c1-4-17(15-8-10-16(28-3)11-9-15)22-18(25)13-24-19(26)21(23-20(24)27)12-6-5-7-14(21)2/h8-11,14,17H,4-7,12-13H2,1-3H3,(H,22,25)(H,23,27)/t14-,17+,21+/m1/s1. The summed E-state index contributed by atoms with van der Waals surface area (Å²) in [7, 11) is 1.60. The molecular weight excluding hydrogens is 358 g/mol. The van der Waals surface area contributed by atoms with E-state index in [-0.39, 0.29) is 30.3 Å². The van der Waals surface area contributed by atoms with Gasteiger partial charge in [-0.2, -0.15) is 0 Å². The average molecular weight is 387 g/mol. The predicted octanol–water partition coefficient (Wildman–Crippen LogP) is 2.76. The summed E-state index contributed by atoms with van der Waals surface area (Å²) in [6, 6.07) is 6.83. The first-order valence-electron chi connectivity index (χ1n) is 9.98. The van der Waals surface area contributed by atoms with E-state index in [9.17, 15) is 14.4 Å². The van der Waals surface area contributed by atoms with E-state index in [1.807, 2.05) is 38.1 Å². The van der Waals surface area contributed by atoms with Crippen LogP contribution in [0.2, 0.25) is 0 Å². The van der Waals surface area contributed by atoms with Crippen LogP contribution in [0.5, 0.6) is 5.75 Å². The molecule has 7 nitrogen and oxygen atoms in total. The number of nitrogens with zero attached hydrogens (tertiary/aromatic N) is 1. The maximum Gasteiger partial charge on any atom is 0.325 e. The molecule has 0 bridgehead atoms. The molecule has 1 spiro atoms. The van der Waals surface area contributed by atoms with E-state index in [0.717, 1.165) is 35.5 Å². The molecule has 1 saturated carbocycles. The number of imide groups is 1. The van der Waals surface area contributed by atoms with Crippen LogP contribution in [0.3, 0.4) is 0 Å². The second kappa shape index (κ2) is 8.20. The highest BCUT2D eigenvalue weighted by Gasteiger charge is 2.55. The van der Waals surface area contributed by atoms with Crippen molar-refractivity contribution in [3.05, 3.63) is 29.8 Å². The summed E-state index contributed by atoms with van der Waals surface area (Å²) in [4.78, 5) is 39.1. The summed E-state index contributed by atoms with van der Waals surface area (Å²) in [6.07, 6.45) is 4.21. The summed E-state index contributed by atoms with van der Waals surface area (Å²) in [5, 5.41) is 5.82. The van der Waals surface area contributed by atoms with Gasteiger partial charge in [-0.15, -0.1) is 0 Å². The number of hydrogen-bond donors (Lipinski definition) is 2. The minimum Gasteiger partial charge on any atom is -0.497 e. The number of carbonyl (C=O) groups excluding carboxylic acids is 3. The van der Waals surface area contributed by atoms with Crippen LogP contribution in [0.25, 0.3) is 0 Å². The second-order valence-corrected chi connectivity index (χ2v) is 7.74. The van der Waals surface area contributed by atoms with Crippen LogP contribution in [0.4, 0.5) is 4.79 Å². The van der Waals surface area contributed by atoms with Gasteiger partial charge in [0.15, 0.2) is 0 Å². The Morgan fingerprint density at radius 2 is 2.04 bits per heavy atom. The summed E-state index contributed by atoms with van der Waals surface area (Å²) >= 11 is 0. The Morgan fingerprint density at radius 3 is 2.64 bits per heavy atom. The zero-order chi connectivity index (χ0) is 20.3. The molecule has 0 radical (unpaired) electrons. The van der Waals surface area contributed by atoms with E-state index < -0.39 is 11.6 Å². The normalized spacial score (nSPS) is 25.5. The Morgan fingerprint density at radius 1 is 1.32 bits per heavy atom. The zero-order valence-corrected chi connectivity index (χ0v) is 16.8. The van der Waals surface area contributed by atoms with Gasteiger partial charge in [0.1, 0.15) is 17.8 Å². The fraction of sp³-hybridized carbons (Fsp3) is 0.571. The largest absolute Gasteiger partial charge is 0.497 e. The molecule has 1 aliphatic carbocycles. The summed E-state index contributed by atoms with van der Waals surface area (Å²) in [5.41, 5.74) is 0.113. The van der Waals surface area contributed by atoms with Gasteiger partial charge < -0.3 is 15.4 Å². The Hall–Kier alpha value is -2.57. The SMILES string of the molecule is CC[C@H](NC(=O)CN1C(=O)N[C@]2(CCCC[C@H]2C)C1=O)c1ccc(OC)cc1. The van der Waals surface area contributed by atoms with Gasteiger partial charge in [0.05, 0.1) is 13.2 Å². The predicted molar refractivity (Wildman–Crippen MR) is 105 cm³/mol. The average Bonchev–Trinajstić information content (AvgIpc) is 2.93. The number of carbonyl (C=O) groups is 3. The Balaban J connectivity index is 1.66. The first kappa shape index (κ1) is 20.2. The molecule has 0 aromatic heterocycles. The smallest absolute Gasteiger partial charge is 0.325 e. The molecule has 1 heterocycles. The molecule has 1 aromatic rings. The number of amides is 4. The highest BCUT2D eigenvalue weighted by Crippen LogP contribution is 2.38. The molecule has 4 amide bonds. The third-order valence-corrected chi connectivity index (χ3v) is 6.06. The van der Waals surface area contributed by atoms with Gasteiger partial charge in [0, 0.05) is 0 Å². The third-order valence-electron chi connectivity index (χ3n) is 6.06. The Bertz CT molecular complexity index is 749. The molecule has 3 atom stereocenters. The number of ether oxygens (including phenoxy) is 1. The van der Waals surface area contributed by atoms with Crippen LogP contribution in [-0.2, 0) is 9.59 Å². The van der Waals surface area contributed by atoms with Gasteiger partial charge in [0.2, 0.25) is 5.91 Å². The van der Waals surface area contributed by atoms with Gasteiger partial charge in [-0.3, -0.25) is 14.5 Å². The van der Waals surface area contributed by atoms with Crippen LogP contribution >= 0.6 is 0 Å². The molecule has 2 N–H and O–H groups in total. The van der Waals surface area contributed by atoms with Crippen molar-refractivity contribution in [3.8, 4) is 5.75 Å². The molecule has 152 valence electrons. The first-order valence-corrected chi connectivity index (χ1v) is 9.98. The van der Waals surface area contributed by atoms with E-state index in [4.69, 9.17) is 4.74 Å². The zero-order valence-electron chi connectivity index (χ0n) is 16.8. The third kappa shape index (κ3) is 3.70. The summed E-state index contributed by atoms with van der Waals surface area (Å²) in [6.45, 7) is 3.71. The molecule has 28 heavy (non-hydrogen) atoms. The van der Waals surface area contributed by atoms with Gasteiger partial charge in [-0.05, 0) is 42.9 Å². The number of benzene rings is 1. The summed E-state index contributed by atoms with van der Waals surface area (Å²) < 4.78 is 5.16. The van der Waals surface area contributed by atoms with E-state index in [0.29, 0.717) is 12.8 Å². The monoisotopic (exact) mass is 387 g/mol. The highest BCUT2D eigenvalue weighted by molar-refractivity contribution is 6.09. The van der Waals surface area contributed by atoms with Crippen molar-refractivity contribution in [2.75, 3.05) is 13.7 Å². The molecule has 3 rings (SSSR count). The molecule has 0 unspecified atom stereocenters. The lowest BCUT2D eigenvalue weighted by Gasteiger charge is -2.36. The van der Waals surface area contributed by atoms with Gasteiger partial charge >= 0.3 is 6.03 Å². The fourth-order valence-electron chi connectivity index (χ4n) is 4.28. The van der Waals surface area contributed by atoms with Crippen molar-refractivity contribution in [1.82, 2.24) is 15.5 Å². The van der Waals surface area contributed by atoms with Crippen molar-refractivity contribution >= 4 is 17.8 Å². The second-order valence-electron chi connectivity index (χ2n) is 7.74. The molecule has 2 aliphatic rings. The fourth-order valence-corrected chi connectivity index (χ4v) is 4.28. The number of hydrogen-bond acceptors (Lipinski definition) is 4. The van der Waals surface area contributed by atoms with Gasteiger partial charge in [-0.1, -0.05) is 38.8 Å². The lowest BCUT2D eigenvalue weighted by molar-refractivity contribution is -0.137. The quantitative estimate of drug-likeness (QED) is 0.735. The van der Waals surface area contributed by atoms with E-state index in [2.05, 4.69) is 10.6 Å². The maximum absolute atomic E-state index is 13.0. The van der Waals surface area contributed by atoms with E-state index in [1.165, 1.54) is 0 Å². The van der Waals surface area contributed by atoms with E-state index in [1.54, 1.807) is 7.11 Å². The lowest BCUT2D eigenvalue weighted by atomic mass is 9.73. The molecule has 7 heteroatoms. The minimum absolute atomic E-state index is 0.0773. The van der Waals surface area contributed by atoms with Crippen LogP contribution in [0.15, 0.2) is 24.3 Å². The lowest BCUT2D eigenvalue weighted by Crippen LogP contribution is -2.54. The van der Waals surface area contributed by atoms with Gasteiger partial charge in [0.25, 0.3) is 5.91 Å². The molecule has 1 saturated heterocycles. The van der Waals surface area contributed by atoms with Crippen molar-refractivity contribution in [2.45, 2.75) is 57.5 Å². The number of urea groups is 1. The Kier molecular flexibility index (Phi) is 5.91. The number of methoxy groups -OCH3 is 1. The Labute approximate surface area is 165 Å². The summed E-state index contributed by atoms with van der Waals surface area (Å²) in [5.74, 6) is 0.216. The van der Waals surface area contributed by atoms with Crippen molar-refractivity contribution < 1.29 is 19.1 Å². The number of rotatable bonds is 6. The van der Waals surface area contributed by atoms with Crippen LogP contribution in [-0.4, -0.2) is 41.9 Å². The van der Waals surface area contributed by atoms with Crippen molar-refractivity contribution in [1.29, 1.82) is 0 Å². The molecule has 2 fully saturated rings. The maximum atomic E-state index is 13.0. The van der Waals surface area contributed by atoms with Crippen molar-refractivity contribution in [2.24, 2.45) is 5.92 Å². The minimum atomic E-state index is -0.838. The first-order chi connectivity index (χ1) is 13.4. The van der Waals surface area contributed by atoms with E-state index >= 15 is 0 Å².